The van der Waals surface area contributed by atoms with Crippen LogP contribution in [0.25, 0.3) is 0 Å². The number of fused-ring (bicyclic) bond motifs is 1. The number of hydrogen-bond acceptors (Lipinski definition) is 2. The van der Waals surface area contributed by atoms with E-state index in [1.165, 1.54) is 23.8 Å². The highest BCUT2D eigenvalue weighted by Gasteiger charge is 2.18. The van der Waals surface area contributed by atoms with Crippen LogP contribution < -0.4 is 0 Å². The smallest absolute Gasteiger partial charge is 0.229 e. The Morgan fingerprint density at radius 1 is 1.18 bits per heavy atom. The standard InChI is InChI=1S/C14H11BrO2/c15-12-6-7-17-14(12)13(16)11-5-4-9-2-1-3-10(9)8-11/h4-8H,1-3H2. The molecule has 0 unspecified atom stereocenters. The van der Waals surface area contributed by atoms with E-state index in [9.17, 15) is 4.79 Å². The molecule has 2 nitrogen and oxygen atoms in total. The fourth-order valence-corrected chi connectivity index (χ4v) is 2.68. The molecule has 1 aromatic carbocycles. The van der Waals surface area contributed by atoms with E-state index in [1.54, 1.807) is 6.07 Å². The first-order valence-corrected chi connectivity index (χ1v) is 6.44. The molecule has 1 aliphatic rings. The lowest BCUT2D eigenvalue weighted by atomic mass is 10.0. The highest BCUT2D eigenvalue weighted by molar-refractivity contribution is 9.10. The van der Waals surface area contributed by atoms with Crippen molar-refractivity contribution in [2.24, 2.45) is 0 Å². The molecule has 0 bridgehead atoms. The zero-order chi connectivity index (χ0) is 11.8. The first-order valence-electron chi connectivity index (χ1n) is 5.65. The Bertz CT molecular complexity index is 584. The summed E-state index contributed by atoms with van der Waals surface area (Å²) in [6.07, 6.45) is 4.92. The van der Waals surface area contributed by atoms with Crippen LogP contribution in [0.2, 0.25) is 0 Å². The first kappa shape index (κ1) is 10.8. The summed E-state index contributed by atoms with van der Waals surface area (Å²) in [7, 11) is 0. The number of hydrogen-bond donors (Lipinski definition) is 0. The van der Waals surface area contributed by atoms with Crippen LogP contribution in [-0.2, 0) is 12.8 Å². The van der Waals surface area contributed by atoms with E-state index in [-0.39, 0.29) is 5.78 Å². The van der Waals surface area contributed by atoms with Crippen molar-refractivity contribution in [3.63, 3.8) is 0 Å². The molecule has 1 aromatic heterocycles. The summed E-state index contributed by atoms with van der Waals surface area (Å²) in [6.45, 7) is 0. The molecule has 0 N–H and O–H groups in total. The van der Waals surface area contributed by atoms with Crippen LogP contribution in [0, 0.1) is 0 Å². The van der Waals surface area contributed by atoms with E-state index >= 15 is 0 Å². The first-order chi connectivity index (χ1) is 8.25. The molecular formula is C14H11BrO2. The minimum atomic E-state index is -0.0587. The third kappa shape index (κ3) is 1.84. The van der Waals surface area contributed by atoms with Gasteiger partial charge in [-0.2, -0.15) is 0 Å². The van der Waals surface area contributed by atoms with Gasteiger partial charge >= 0.3 is 0 Å². The maximum Gasteiger partial charge on any atom is 0.229 e. The van der Waals surface area contributed by atoms with Gasteiger partial charge in [0, 0.05) is 5.56 Å². The molecular weight excluding hydrogens is 280 g/mol. The van der Waals surface area contributed by atoms with Crippen molar-refractivity contribution in [1.29, 1.82) is 0 Å². The Hall–Kier alpha value is -1.35. The fraction of sp³-hybridized carbons (Fsp3) is 0.214. The molecule has 3 rings (SSSR count). The predicted octanol–water partition coefficient (Wildman–Crippen LogP) is 3.76. The number of furan rings is 1. The van der Waals surface area contributed by atoms with E-state index in [2.05, 4.69) is 22.0 Å². The Morgan fingerprint density at radius 2 is 2.00 bits per heavy atom. The monoisotopic (exact) mass is 290 g/mol. The number of ketones is 1. The molecule has 0 saturated carbocycles. The highest BCUT2D eigenvalue weighted by Crippen LogP contribution is 2.26. The Balaban J connectivity index is 2.00. The summed E-state index contributed by atoms with van der Waals surface area (Å²) < 4.78 is 5.91. The second kappa shape index (κ2) is 4.15. The summed E-state index contributed by atoms with van der Waals surface area (Å²) in [5, 5.41) is 0. The molecule has 0 fully saturated rings. The molecule has 0 saturated heterocycles. The van der Waals surface area contributed by atoms with Crippen LogP contribution in [0.5, 0.6) is 0 Å². The fourth-order valence-electron chi connectivity index (χ4n) is 2.30. The number of carbonyl (C=O) groups is 1. The van der Waals surface area contributed by atoms with Gasteiger partial charge in [-0.05, 0) is 58.5 Å². The average molecular weight is 291 g/mol. The van der Waals surface area contributed by atoms with E-state index in [4.69, 9.17) is 4.42 Å². The zero-order valence-corrected chi connectivity index (χ0v) is 10.8. The number of halogens is 1. The lowest BCUT2D eigenvalue weighted by Crippen LogP contribution is -2.01. The SMILES string of the molecule is O=C(c1ccc2c(c1)CCC2)c1occc1Br. The number of carbonyl (C=O) groups excluding carboxylic acids is 1. The quantitative estimate of drug-likeness (QED) is 0.789. The molecule has 1 aliphatic carbocycles. The summed E-state index contributed by atoms with van der Waals surface area (Å²) in [4.78, 5) is 12.2. The molecule has 2 aromatic rings. The molecule has 0 spiro atoms. The van der Waals surface area contributed by atoms with Crippen LogP contribution in [0.15, 0.2) is 39.4 Å². The minimum Gasteiger partial charge on any atom is -0.460 e. The maximum atomic E-state index is 12.2. The van der Waals surface area contributed by atoms with Gasteiger partial charge in [-0.1, -0.05) is 12.1 Å². The molecule has 0 radical (unpaired) electrons. The van der Waals surface area contributed by atoms with Gasteiger partial charge < -0.3 is 4.42 Å². The van der Waals surface area contributed by atoms with Crippen molar-refractivity contribution < 1.29 is 9.21 Å². The number of rotatable bonds is 2. The van der Waals surface area contributed by atoms with Crippen molar-refractivity contribution in [2.45, 2.75) is 19.3 Å². The molecule has 17 heavy (non-hydrogen) atoms. The molecule has 0 amide bonds. The molecule has 1 heterocycles. The average Bonchev–Trinajstić information content (AvgIpc) is 2.95. The van der Waals surface area contributed by atoms with Gasteiger partial charge in [0.15, 0.2) is 5.76 Å². The van der Waals surface area contributed by atoms with Gasteiger partial charge in [-0.3, -0.25) is 4.79 Å². The summed E-state index contributed by atoms with van der Waals surface area (Å²) in [5.41, 5.74) is 3.39. The summed E-state index contributed by atoms with van der Waals surface area (Å²) >= 11 is 3.31. The lowest BCUT2D eigenvalue weighted by molar-refractivity contribution is 0.101. The third-order valence-electron chi connectivity index (χ3n) is 3.18. The maximum absolute atomic E-state index is 12.2. The summed E-state index contributed by atoms with van der Waals surface area (Å²) in [5.74, 6) is 0.319. The third-order valence-corrected chi connectivity index (χ3v) is 3.81. The molecule has 3 heteroatoms. The number of aryl methyl sites for hydroxylation is 2. The van der Waals surface area contributed by atoms with Gasteiger partial charge in [0.2, 0.25) is 5.78 Å². The second-order valence-electron chi connectivity index (χ2n) is 4.26. The largest absolute Gasteiger partial charge is 0.460 e. The van der Waals surface area contributed by atoms with E-state index in [1.807, 2.05) is 12.1 Å². The molecule has 86 valence electrons. The van der Waals surface area contributed by atoms with Crippen LogP contribution >= 0.6 is 15.9 Å². The molecule has 0 aliphatic heterocycles. The second-order valence-corrected chi connectivity index (χ2v) is 5.12. The normalized spacial score (nSPS) is 13.7. The van der Waals surface area contributed by atoms with E-state index < -0.39 is 0 Å². The Morgan fingerprint density at radius 3 is 2.76 bits per heavy atom. The van der Waals surface area contributed by atoms with E-state index in [0.29, 0.717) is 15.8 Å². The van der Waals surface area contributed by atoms with E-state index in [0.717, 1.165) is 12.8 Å². The van der Waals surface area contributed by atoms with Gasteiger partial charge in [0.1, 0.15) is 0 Å². The Kier molecular flexibility index (Phi) is 2.63. The van der Waals surface area contributed by atoms with Gasteiger partial charge in [-0.25, -0.2) is 0 Å². The summed E-state index contributed by atoms with van der Waals surface area (Å²) in [6, 6.07) is 7.69. The van der Waals surface area contributed by atoms with Crippen LogP contribution in [0.1, 0.15) is 33.7 Å². The Labute approximate surface area is 108 Å². The number of benzene rings is 1. The predicted molar refractivity (Wildman–Crippen MR) is 68.3 cm³/mol. The minimum absolute atomic E-state index is 0.0587. The topological polar surface area (TPSA) is 30.2 Å². The van der Waals surface area contributed by atoms with Crippen molar-refractivity contribution in [3.8, 4) is 0 Å². The molecule has 0 atom stereocenters. The van der Waals surface area contributed by atoms with Crippen LogP contribution in [0.4, 0.5) is 0 Å². The lowest BCUT2D eigenvalue weighted by Gasteiger charge is -2.03. The van der Waals surface area contributed by atoms with Gasteiger partial charge in [0.05, 0.1) is 10.7 Å². The van der Waals surface area contributed by atoms with Crippen molar-refractivity contribution in [3.05, 3.63) is 57.5 Å². The van der Waals surface area contributed by atoms with Crippen molar-refractivity contribution in [1.82, 2.24) is 0 Å². The van der Waals surface area contributed by atoms with Gasteiger partial charge in [-0.15, -0.1) is 0 Å². The zero-order valence-electron chi connectivity index (χ0n) is 9.20. The van der Waals surface area contributed by atoms with Crippen molar-refractivity contribution in [2.75, 3.05) is 0 Å². The van der Waals surface area contributed by atoms with Crippen LogP contribution in [-0.4, -0.2) is 5.78 Å². The van der Waals surface area contributed by atoms with Crippen LogP contribution in [0.3, 0.4) is 0 Å². The van der Waals surface area contributed by atoms with Crippen molar-refractivity contribution >= 4 is 21.7 Å². The highest BCUT2D eigenvalue weighted by atomic mass is 79.9. The van der Waals surface area contributed by atoms with Gasteiger partial charge in [0.25, 0.3) is 0 Å².